The van der Waals surface area contributed by atoms with Crippen LogP contribution < -0.4 is 5.32 Å². The molecule has 0 bridgehead atoms. The van der Waals surface area contributed by atoms with E-state index in [1.807, 2.05) is 29.7 Å². The second kappa shape index (κ2) is 3.73. The van der Waals surface area contributed by atoms with Crippen LogP contribution in [0.15, 0.2) is 36.4 Å². The minimum atomic E-state index is 0.173. The Hall–Kier alpha value is -2.10. The van der Waals surface area contributed by atoms with Gasteiger partial charge in [0.25, 0.3) is 0 Å². The summed E-state index contributed by atoms with van der Waals surface area (Å²) in [7, 11) is 0. The molecule has 1 aliphatic heterocycles. The molecule has 0 fully saturated rings. The van der Waals surface area contributed by atoms with E-state index in [1.165, 1.54) is 5.56 Å². The molecule has 4 heteroatoms. The standard InChI is InChI=1S/C13H14N4/c1-9-8-12(11-6-4-3-5-7-11)14-13-16-15-10(2)17(9)13/h3-8,12H,1-2H3,(H,14,16). The van der Waals surface area contributed by atoms with Crippen LogP contribution in [0.25, 0.3) is 5.70 Å². The Morgan fingerprint density at radius 1 is 1.12 bits per heavy atom. The first-order valence-corrected chi connectivity index (χ1v) is 5.68. The molecule has 17 heavy (non-hydrogen) atoms. The molecule has 1 aliphatic rings. The maximum atomic E-state index is 4.14. The fourth-order valence-corrected chi connectivity index (χ4v) is 2.21. The van der Waals surface area contributed by atoms with E-state index in [1.54, 1.807) is 0 Å². The average Bonchev–Trinajstić information content (AvgIpc) is 2.73. The van der Waals surface area contributed by atoms with Crippen LogP contribution in [0.3, 0.4) is 0 Å². The summed E-state index contributed by atoms with van der Waals surface area (Å²) in [5.74, 6) is 1.73. The van der Waals surface area contributed by atoms with Crippen molar-refractivity contribution in [3.8, 4) is 0 Å². The summed E-state index contributed by atoms with van der Waals surface area (Å²) in [6.45, 7) is 4.04. The molecule has 1 unspecified atom stereocenters. The Kier molecular flexibility index (Phi) is 2.21. The number of hydrogen-bond donors (Lipinski definition) is 1. The van der Waals surface area contributed by atoms with Crippen molar-refractivity contribution in [3.63, 3.8) is 0 Å². The van der Waals surface area contributed by atoms with Crippen LogP contribution in [-0.2, 0) is 0 Å². The number of fused-ring (bicyclic) bond motifs is 1. The number of anilines is 1. The molecule has 2 heterocycles. The van der Waals surface area contributed by atoms with Gasteiger partial charge in [-0.25, -0.2) is 0 Å². The van der Waals surface area contributed by atoms with Gasteiger partial charge in [0.05, 0.1) is 6.04 Å². The number of benzene rings is 1. The van der Waals surface area contributed by atoms with Crippen molar-refractivity contribution in [2.24, 2.45) is 0 Å². The number of hydrogen-bond acceptors (Lipinski definition) is 3. The SMILES string of the molecule is CC1=CC(c2ccccc2)Nc2nnc(C)n21. The molecule has 0 saturated heterocycles. The van der Waals surface area contributed by atoms with E-state index in [0.29, 0.717) is 0 Å². The molecular weight excluding hydrogens is 212 g/mol. The molecule has 3 rings (SSSR count). The van der Waals surface area contributed by atoms with E-state index < -0.39 is 0 Å². The van der Waals surface area contributed by atoms with Crippen molar-refractivity contribution in [2.75, 3.05) is 5.32 Å². The smallest absolute Gasteiger partial charge is 0.229 e. The number of nitrogens with zero attached hydrogens (tertiary/aromatic N) is 3. The van der Waals surface area contributed by atoms with Gasteiger partial charge in [-0.2, -0.15) is 0 Å². The van der Waals surface area contributed by atoms with Crippen molar-refractivity contribution < 1.29 is 0 Å². The van der Waals surface area contributed by atoms with Crippen LogP contribution in [0, 0.1) is 6.92 Å². The van der Waals surface area contributed by atoms with Gasteiger partial charge in [0.15, 0.2) is 0 Å². The number of aryl methyl sites for hydroxylation is 1. The lowest BCUT2D eigenvalue weighted by atomic mass is 10.1. The highest BCUT2D eigenvalue weighted by molar-refractivity contribution is 5.58. The molecule has 0 amide bonds. The third-order valence-corrected chi connectivity index (χ3v) is 3.03. The first-order chi connectivity index (χ1) is 8.25. The zero-order valence-corrected chi connectivity index (χ0v) is 9.88. The molecule has 0 saturated carbocycles. The molecule has 0 spiro atoms. The average molecular weight is 226 g/mol. The lowest BCUT2D eigenvalue weighted by molar-refractivity contribution is 0.873. The third-order valence-electron chi connectivity index (χ3n) is 3.03. The number of aromatic nitrogens is 3. The summed E-state index contributed by atoms with van der Waals surface area (Å²) in [6.07, 6.45) is 2.19. The summed E-state index contributed by atoms with van der Waals surface area (Å²) < 4.78 is 2.03. The summed E-state index contributed by atoms with van der Waals surface area (Å²) in [5, 5.41) is 11.6. The molecule has 2 aromatic rings. The lowest BCUT2D eigenvalue weighted by Gasteiger charge is -2.23. The second-order valence-electron chi connectivity index (χ2n) is 4.25. The maximum Gasteiger partial charge on any atom is 0.229 e. The molecule has 1 aromatic carbocycles. The topological polar surface area (TPSA) is 42.7 Å². The normalized spacial score (nSPS) is 18.2. The molecule has 4 nitrogen and oxygen atoms in total. The van der Waals surface area contributed by atoms with Gasteiger partial charge in [-0.05, 0) is 25.5 Å². The Labute approximate surface area is 100.0 Å². The number of allylic oxidation sites excluding steroid dienone is 1. The predicted molar refractivity (Wildman–Crippen MR) is 67.5 cm³/mol. The molecule has 0 aliphatic carbocycles. The van der Waals surface area contributed by atoms with Gasteiger partial charge in [0.2, 0.25) is 5.95 Å². The largest absolute Gasteiger partial charge is 0.344 e. The molecular formula is C13H14N4. The molecule has 1 N–H and O–H groups in total. The Balaban J connectivity index is 2.02. The van der Waals surface area contributed by atoms with Gasteiger partial charge in [-0.15, -0.1) is 10.2 Å². The van der Waals surface area contributed by atoms with Crippen LogP contribution >= 0.6 is 0 Å². The first-order valence-electron chi connectivity index (χ1n) is 5.68. The van der Waals surface area contributed by atoms with Crippen molar-refractivity contribution in [2.45, 2.75) is 19.9 Å². The zero-order valence-electron chi connectivity index (χ0n) is 9.88. The van der Waals surface area contributed by atoms with Gasteiger partial charge < -0.3 is 5.32 Å². The summed E-state index contributed by atoms with van der Waals surface area (Å²) in [6, 6.07) is 10.5. The van der Waals surface area contributed by atoms with Crippen molar-refractivity contribution in [3.05, 3.63) is 47.8 Å². The summed E-state index contributed by atoms with van der Waals surface area (Å²) in [5.41, 5.74) is 2.40. The van der Waals surface area contributed by atoms with Crippen molar-refractivity contribution in [1.82, 2.24) is 14.8 Å². The van der Waals surface area contributed by atoms with Gasteiger partial charge in [-0.3, -0.25) is 4.57 Å². The van der Waals surface area contributed by atoms with E-state index in [4.69, 9.17) is 0 Å². The van der Waals surface area contributed by atoms with Crippen LogP contribution in [-0.4, -0.2) is 14.8 Å². The first kappa shape index (κ1) is 10.1. The van der Waals surface area contributed by atoms with E-state index in [2.05, 4.69) is 40.6 Å². The van der Waals surface area contributed by atoms with Gasteiger partial charge in [-0.1, -0.05) is 30.3 Å². The Bertz CT molecular complexity index is 568. The fraction of sp³-hybridized carbons (Fsp3) is 0.231. The summed E-state index contributed by atoms with van der Waals surface area (Å²) in [4.78, 5) is 0. The van der Waals surface area contributed by atoms with E-state index >= 15 is 0 Å². The number of rotatable bonds is 1. The van der Waals surface area contributed by atoms with Gasteiger partial charge in [0, 0.05) is 5.70 Å². The van der Waals surface area contributed by atoms with E-state index in [0.717, 1.165) is 17.5 Å². The number of nitrogens with one attached hydrogen (secondary N) is 1. The fourth-order valence-electron chi connectivity index (χ4n) is 2.21. The monoisotopic (exact) mass is 226 g/mol. The van der Waals surface area contributed by atoms with Crippen molar-refractivity contribution in [1.29, 1.82) is 0 Å². The Morgan fingerprint density at radius 3 is 2.65 bits per heavy atom. The maximum absolute atomic E-state index is 4.14. The highest BCUT2D eigenvalue weighted by atomic mass is 15.4. The van der Waals surface area contributed by atoms with Crippen LogP contribution in [0.2, 0.25) is 0 Å². The second-order valence-corrected chi connectivity index (χ2v) is 4.25. The summed E-state index contributed by atoms with van der Waals surface area (Å²) >= 11 is 0. The predicted octanol–water partition coefficient (Wildman–Crippen LogP) is 2.61. The molecule has 1 aromatic heterocycles. The highest BCUT2D eigenvalue weighted by Gasteiger charge is 2.20. The molecule has 86 valence electrons. The Morgan fingerprint density at radius 2 is 1.88 bits per heavy atom. The quantitative estimate of drug-likeness (QED) is 0.812. The van der Waals surface area contributed by atoms with Crippen LogP contribution in [0.4, 0.5) is 5.95 Å². The minimum Gasteiger partial charge on any atom is -0.344 e. The lowest BCUT2D eigenvalue weighted by Crippen LogP contribution is -2.18. The molecule has 1 atom stereocenters. The van der Waals surface area contributed by atoms with Crippen molar-refractivity contribution >= 4 is 11.6 Å². The highest BCUT2D eigenvalue weighted by Crippen LogP contribution is 2.29. The van der Waals surface area contributed by atoms with Gasteiger partial charge >= 0.3 is 0 Å². The molecule has 0 radical (unpaired) electrons. The van der Waals surface area contributed by atoms with E-state index in [-0.39, 0.29) is 6.04 Å². The van der Waals surface area contributed by atoms with E-state index in [9.17, 15) is 0 Å². The van der Waals surface area contributed by atoms with Crippen LogP contribution in [0.1, 0.15) is 24.4 Å². The zero-order chi connectivity index (χ0) is 11.8. The minimum absolute atomic E-state index is 0.173. The van der Waals surface area contributed by atoms with Crippen LogP contribution in [0.5, 0.6) is 0 Å². The van der Waals surface area contributed by atoms with Gasteiger partial charge in [0.1, 0.15) is 5.82 Å². The third kappa shape index (κ3) is 1.62.